The summed E-state index contributed by atoms with van der Waals surface area (Å²) in [7, 11) is -3.82. The smallest absolute Gasteiger partial charge is 0.245 e. The fourth-order valence-corrected chi connectivity index (χ4v) is 4.13. The Kier molecular flexibility index (Phi) is 5.73. The predicted octanol–water partition coefficient (Wildman–Crippen LogP) is 1.75. The van der Waals surface area contributed by atoms with E-state index in [1.807, 2.05) is 0 Å². The first-order valence-corrected chi connectivity index (χ1v) is 8.86. The molecule has 1 aliphatic rings. The topological polar surface area (TPSA) is 66.8 Å². The predicted molar refractivity (Wildman–Crippen MR) is 78.9 cm³/mol. The van der Waals surface area contributed by atoms with Crippen LogP contribution in [0, 0.1) is 5.82 Å². The number of hydrogen-bond acceptors (Lipinski definition) is 4. The van der Waals surface area contributed by atoms with Crippen molar-refractivity contribution in [2.24, 2.45) is 0 Å². The molecular formula is C13H17BrFNO4S. The molecule has 0 aliphatic carbocycles. The summed E-state index contributed by atoms with van der Waals surface area (Å²) in [5.41, 5.74) is 0. The molecule has 118 valence electrons. The molecule has 8 heteroatoms. The number of sulfonamides is 1. The highest BCUT2D eigenvalue weighted by molar-refractivity contribution is 9.10. The van der Waals surface area contributed by atoms with Crippen LogP contribution in [0.25, 0.3) is 0 Å². The number of aliphatic hydroxyl groups is 1. The number of halogens is 2. The Balaban J connectivity index is 2.08. The molecule has 0 saturated carbocycles. The maximum absolute atomic E-state index is 13.9. The average Bonchev–Trinajstić information content (AvgIpc) is 2.45. The lowest BCUT2D eigenvalue weighted by atomic mass is 10.1. The van der Waals surface area contributed by atoms with Crippen LogP contribution in [0.15, 0.2) is 27.6 Å². The Bertz CT molecular complexity index is 588. The highest BCUT2D eigenvalue weighted by atomic mass is 79.9. The van der Waals surface area contributed by atoms with Gasteiger partial charge in [-0.05, 0) is 31.0 Å². The van der Waals surface area contributed by atoms with Gasteiger partial charge in [-0.15, -0.1) is 0 Å². The molecule has 1 saturated heterocycles. The molecule has 1 aliphatic heterocycles. The SMILES string of the molecule is O=S(=O)(c1ccc(Br)cc1F)N1CCC(OCCO)CC1. The van der Waals surface area contributed by atoms with Gasteiger partial charge in [0.25, 0.3) is 0 Å². The summed E-state index contributed by atoms with van der Waals surface area (Å²) < 4.78 is 45.9. The molecule has 1 N–H and O–H groups in total. The number of aliphatic hydroxyl groups excluding tert-OH is 1. The molecule has 0 aromatic heterocycles. The summed E-state index contributed by atoms with van der Waals surface area (Å²) in [5.74, 6) is -0.761. The zero-order valence-corrected chi connectivity index (χ0v) is 13.7. The first kappa shape index (κ1) is 16.8. The summed E-state index contributed by atoms with van der Waals surface area (Å²) in [6.45, 7) is 0.767. The maximum Gasteiger partial charge on any atom is 0.245 e. The molecule has 1 fully saturated rings. The molecule has 0 spiro atoms. The minimum Gasteiger partial charge on any atom is -0.394 e. The van der Waals surface area contributed by atoms with Gasteiger partial charge in [-0.3, -0.25) is 0 Å². The van der Waals surface area contributed by atoms with E-state index in [-0.39, 0.29) is 37.3 Å². The average molecular weight is 382 g/mol. The molecule has 21 heavy (non-hydrogen) atoms. The van der Waals surface area contributed by atoms with Gasteiger partial charge in [0.2, 0.25) is 10.0 Å². The van der Waals surface area contributed by atoms with Crippen LogP contribution in [-0.4, -0.2) is 50.2 Å². The lowest BCUT2D eigenvalue weighted by Crippen LogP contribution is -2.41. The highest BCUT2D eigenvalue weighted by Gasteiger charge is 2.31. The lowest BCUT2D eigenvalue weighted by molar-refractivity contribution is 0.00317. The minimum absolute atomic E-state index is 0.0530. The zero-order valence-electron chi connectivity index (χ0n) is 11.3. The van der Waals surface area contributed by atoms with E-state index in [2.05, 4.69) is 15.9 Å². The Morgan fingerprint density at radius 3 is 2.62 bits per heavy atom. The van der Waals surface area contributed by atoms with Gasteiger partial charge < -0.3 is 9.84 Å². The third-order valence-corrected chi connectivity index (χ3v) is 5.78. The van der Waals surface area contributed by atoms with Gasteiger partial charge in [0.1, 0.15) is 10.7 Å². The van der Waals surface area contributed by atoms with Crippen molar-refractivity contribution in [1.29, 1.82) is 0 Å². The van der Waals surface area contributed by atoms with Crippen LogP contribution in [0.1, 0.15) is 12.8 Å². The van der Waals surface area contributed by atoms with Gasteiger partial charge in [0.05, 0.1) is 19.3 Å². The second-order valence-corrected chi connectivity index (χ2v) is 7.59. The van der Waals surface area contributed by atoms with Crippen LogP contribution in [0.3, 0.4) is 0 Å². The first-order chi connectivity index (χ1) is 9.95. The third-order valence-electron chi connectivity index (χ3n) is 3.36. The normalized spacial score (nSPS) is 18.0. The number of nitrogens with zero attached hydrogens (tertiary/aromatic N) is 1. The molecule has 0 atom stereocenters. The van der Waals surface area contributed by atoms with Crippen molar-refractivity contribution in [3.63, 3.8) is 0 Å². The van der Waals surface area contributed by atoms with Crippen molar-refractivity contribution in [2.45, 2.75) is 23.8 Å². The van der Waals surface area contributed by atoms with Crippen LogP contribution in [0.2, 0.25) is 0 Å². The van der Waals surface area contributed by atoms with E-state index in [1.54, 1.807) is 0 Å². The molecule has 0 amide bonds. The molecule has 1 heterocycles. The summed E-state index contributed by atoms with van der Waals surface area (Å²) in [6, 6.07) is 3.92. The van der Waals surface area contributed by atoms with Gasteiger partial charge in [0, 0.05) is 17.6 Å². The fraction of sp³-hybridized carbons (Fsp3) is 0.538. The van der Waals surface area contributed by atoms with Crippen molar-refractivity contribution < 1.29 is 22.7 Å². The molecule has 0 bridgehead atoms. The molecule has 2 rings (SSSR count). The van der Waals surface area contributed by atoms with E-state index < -0.39 is 15.8 Å². The van der Waals surface area contributed by atoms with E-state index in [0.717, 1.165) is 6.07 Å². The lowest BCUT2D eigenvalue weighted by Gasteiger charge is -2.31. The zero-order chi connectivity index (χ0) is 15.5. The van der Waals surface area contributed by atoms with Gasteiger partial charge in [-0.25, -0.2) is 12.8 Å². The summed E-state index contributed by atoms with van der Waals surface area (Å²) in [5, 5.41) is 8.70. The van der Waals surface area contributed by atoms with Crippen molar-refractivity contribution in [2.75, 3.05) is 26.3 Å². The van der Waals surface area contributed by atoms with Crippen molar-refractivity contribution in [3.05, 3.63) is 28.5 Å². The van der Waals surface area contributed by atoms with E-state index >= 15 is 0 Å². The Morgan fingerprint density at radius 1 is 1.38 bits per heavy atom. The standard InChI is InChI=1S/C13H17BrFNO4S/c14-10-1-2-13(12(15)9-10)21(18,19)16-5-3-11(4-6-16)20-8-7-17/h1-2,9,11,17H,3-8H2. The summed E-state index contributed by atoms with van der Waals surface area (Å²) in [4.78, 5) is -0.305. The number of hydrogen-bond donors (Lipinski definition) is 1. The molecule has 0 radical (unpaired) electrons. The van der Waals surface area contributed by atoms with Crippen LogP contribution >= 0.6 is 15.9 Å². The second-order valence-electron chi connectivity index (χ2n) is 4.77. The summed E-state index contributed by atoms with van der Waals surface area (Å²) in [6.07, 6.45) is 1.02. The largest absolute Gasteiger partial charge is 0.394 e. The molecule has 0 unspecified atom stereocenters. The number of piperidine rings is 1. The van der Waals surface area contributed by atoms with Crippen molar-refractivity contribution in [3.8, 4) is 0 Å². The monoisotopic (exact) mass is 381 g/mol. The number of ether oxygens (including phenoxy) is 1. The highest BCUT2D eigenvalue weighted by Crippen LogP contribution is 2.25. The van der Waals surface area contributed by atoms with Gasteiger partial charge in [-0.2, -0.15) is 4.31 Å². The van der Waals surface area contributed by atoms with Crippen LogP contribution in [-0.2, 0) is 14.8 Å². The molecule has 1 aromatic rings. The van der Waals surface area contributed by atoms with Crippen LogP contribution < -0.4 is 0 Å². The van der Waals surface area contributed by atoms with E-state index in [9.17, 15) is 12.8 Å². The third kappa shape index (κ3) is 4.01. The van der Waals surface area contributed by atoms with Gasteiger partial charge >= 0.3 is 0 Å². The quantitative estimate of drug-likeness (QED) is 0.843. The van der Waals surface area contributed by atoms with Crippen molar-refractivity contribution >= 4 is 26.0 Å². The van der Waals surface area contributed by atoms with E-state index in [1.165, 1.54) is 16.4 Å². The fourth-order valence-electron chi connectivity index (χ4n) is 2.28. The Labute approximate surface area is 131 Å². The van der Waals surface area contributed by atoms with E-state index in [4.69, 9.17) is 9.84 Å². The van der Waals surface area contributed by atoms with Crippen molar-refractivity contribution in [1.82, 2.24) is 4.31 Å². The summed E-state index contributed by atoms with van der Waals surface area (Å²) >= 11 is 3.11. The number of benzene rings is 1. The Morgan fingerprint density at radius 2 is 2.05 bits per heavy atom. The Hall–Kier alpha value is -0.540. The molecule has 1 aromatic carbocycles. The van der Waals surface area contributed by atoms with E-state index in [0.29, 0.717) is 17.3 Å². The molecular weight excluding hydrogens is 365 g/mol. The van der Waals surface area contributed by atoms with Gasteiger partial charge in [0.15, 0.2) is 0 Å². The second kappa shape index (κ2) is 7.15. The maximum atomic E-state index is 13.9. The minimum atomic E-state index is -3.82. The first-order valence-electron chi connectivity index (χ1n) is 6.63. The van der Waals surface area contributed by atoms with Gasteiger partial charge in [-0.1, -0.05) is 15.9 Å². The van der Waals surface area contributed by atoms with Crippen LogP contribution in [0.5, 0.6) is 0 Å². The van der Waals surface area contributed by atoms with Crippen LogP contribution in [0.4, 0.5) is 4.39 Å². The molecule has 5 nitrogen and oxygen atoms in total. The number of rotatable bonds is 5.